The monoisotopic (exact) mass is 416 g/mol. The molecule has 10 heteroatoms. The molecule has 0 saturated carbocycles. The lowest BCUT2D eigenvalue weighted by atomic mass is 9.98. The minimum atomic E-state index is -1.25. The highest BCUT2D eigenvalue weighted by Crippen LogP contribution is 2.30. The first-order valence-electron chi connectivity index (χ1n) is 9.17. The second kappa shape index (κ2) is 11.5. The van der Waals surface area contributed by atoms with Crippen LogP contribution in [0, 0.1) is 0 Å². The van der Waals surface area contributed by atoms with Crippen LogP contribution in [0.5, 0.6) is 0 Å². The highest BCUT2D eigenvalue weighted by Gasteiger charge is 2.53. The van der Waals surface area contributed by atoms with E-state index >= 15 is 0 Å². The maximum absolute atomic E-state index is 11.7. The molecule has 0 aromatic rings. The Morgan fingerprint density at radius 3 is 1.86 bits per heavy atom. The zero-order valence-electron chi connectivity index (χ0n) is 17.2. The molecule has 0 bridgehead atoms. The van der Waals surface area contributed by atoms with Crippen LogP contribution in [-0.4, -0.2) is 67.3 Å². The molecule has 1 fully saturated rings. The molecule has 1 heterocycles. The Morgan fingerprint density at radius 2 is 1.41 bits per heavy atom. The molecule has 29 heavy (non-hydrogen) atoms. The molecule has 0 N–H and O–H groups in total. The molecule has 0 spiro atoms. The summed E-state index contributed by atoms with van der Waals surface area (Å²) in [6.07, 6.45) is -4.31. The van der Waals surface area contributed by atoms with Gasteiger partial charge in [-0.25, -0.2) is 0 Å². The summed E-state index contributed by atoms with van der Waals surface area (Å²) in [6.45, 7) is 9.89. The predicted molar refractivity (Wildman–Crippen MR) is 97.3 cm³/mol. The van der Waals surface area contributed by atoms with Gasteiger partial charge in [-0.1, -0.05) is 13.0 Å². The lowest BCUT2D eigenvalue weighted by Gasteiger charge is -2.44. The Morgan fingerprint density at radius 1 is 0.897 bits per heavy atom. The van der Waals surface area contributed by atoms with Gasteiger partial charge in [-0.15, -0.1) is 6.58 Å². The molecule has 10 nitrogen and oxygen atoms in total. The summed E-state index contributed by atoms with van der Waals surface area (Å²) in [4.78, 5) is 46.3. The van der Waals surface area contributed by atoms with Crippen molar-refractivity contribution in [3.05, 3.63) is 12.7 Å². The van der Waals surface area contributed by atoms with Crippen molar-refractivity contribution in [2.24, 2.45) is 0 Å². The molecule has 1 saturated heterocycles. The van der Waals surface area contributed by atoms with Crippen molar-refractivity contribution < 1.29 is 47.6 Å². The largest absolute Gasteiger partial charge is 0.463 e. The third-order valence-electron chi connectivity index (χ3n) is 3.92. The van der Waals surface area contributed by atoms with Crippen LogP contribution in [0.4, 0.5) is 0 Å². The molecule has 0 aromatic carbocycles. The predicted octanol–water partition coefficient (Wildman–Crippen LogP) is 1.05. The molecule has 0 aromatic heterocycles. The quantitative estimate of drug-likeness (QED) is 0.306. The van der Waals surface area contributed by atoms with Crippen LogP contribution in [-0.2, 0) is 47.6 Å². The number of rotatable bonds is 9. The highest BCUT2D eigenvalue weighted by atomic mass is 16.7. The van der Waals surface area contributed by atoms with E-state index < -0.39 is 60.7 Å². The maximum Gasteiger partial charge on any atom is 0.303 e. The van der Waals surface area contributed by atoms with Crippen LogP contribution >= 0.6 is 0 Å². The first kappa shape index (κ1) is 24.6. The van der Waals surface area contributed by atoms with E-state index in [1.165, 1.54) is 19.9 Å². The van der Waals surface area contributed by atoms with E-state index in [9.17, 15) is 19.2 Å². The second-order valence-electron chi connectivity index (χ2n) is 6.39. The molecule has 164 valence electrons. The SMILES string of the molecule is C=C[C@H](CC)O[C@@H]1O[C@H](COC(C)=O)[C@@H](OC(C)=O)[C@H](OC(C)=O)[C@H]1OC(C)=O. The maximum atomic E-state index is 11.7. The summed E-state index contributed by atoms with van der Waals surface area (Å²) in [7, 11) is 0. The van der Waals surface area contributed by atoms with E-state index in [-0.39, 0.29) is 6.61 Å². The van der Waals surface area contributed by atoms with Crippen LogP contribution in [0.1, 0.15) is 41.0 Å². The van der Waals surface area contributed by atoms with Crippen molar-refractivity contribution in [2.45, 2.75) is 77.8 Å². The number of carbonyl (C=O) groups excluding carboxylic acids is 4. The van der Waals surface area contributed by atoms with Crippen molar-refractivity contribution in [3.63, 3.8) is 0 Å². The van der Waals surface area contributed by atoms with E-state index in [4.69, 9.17) is 28.4 Å². The molecular weight excluding hydrogens is 388 g/mol. The Labute approximate surface area is 169 Å². The molecular formula is C19H28O10. The summed E-state index contributed by atoms with van der Waals surface area (Å²) >= 11 is 0. The summed E-state index contributed by atoms with van der Waals surface area (Å²) in [6, 6.07) is 0. The average molecular weight is 416 g/mol. The van der Waals surface area contributed by atoms with E-state index in [0.717, 1.165) is 13.8 Å². The Hall–Kier alpha value is -2.46. The van der Waals surface area contributed by atoms with Crippen LogP contribution in [0.3, 0.4) is 0 Å². The average Bonchev–Trinajstić information content (AvgIpc) is 2.61. The Balaban J connectivity index is 3.33. The number of hydrogen-bond acceptors (Lipinski definition) is 10. The van der Waals surface area contributed by atoms with Gasteiger partial charge >= 0.3 is 23.9 Å². The van der Waals surface area contributed by atoms with Gasteiger partial charge in [-0.2, -0.15) is 0 Å². The molecule has 0 unspecified atom stereocenters. The minimum Gasteiger partial charge on any atom is -0.463 e. The van der Waals surface area contributed by atoms with E-state index in [1.807, 2.05) is 6.92 Å². The van der Waals surface area contributed by atoms with Gasteiger partial charge in [-0.05, 0) is 6.42 Å². The third-order valence-corrected chi connectivity index (χ3v) is 3.92. The van der Waals surface area contributed by atoms with Crippen LogP contribution < -0.4 is 0 Å². The Bertz CT molecular complexity index is 616. The molecule has 0 radical (unpaired) electrons. The molecule has 1 aliphatic heterocycles. The summed E-state index contributed by atoms with van der Waals surface area (Å²) in [5.41, 5.74) is 0. The molecule has 0 amide bonds. The molecule has 1 aliphatic rings. The first-order chi connectivity index (χ1) is 13.6. The van der Waals surface area contributed by atoms with E-state index in [0.29, 0.717) is 6.42 Å². The normalized spacial score (nSPS) is 27.3. The number of ether oxygens (including phenoxy) is 6. The number of carbonyl (C=O) groups is 4. The minimum absolute atomic E-state index is 0.303. The van der Waals surface area contributed by atoms with Gasteiger partial charge in [-0.3, -0.25) is 19.2 Å². The van der Waals surface area contributed by atoms with Crippen molar-refractivity contribution in [2.75, 3.05) is 6.61 Å². The zero-order valence-corrected chi connectivity index (χ0v) is 17.2. The van der Waals surface area contributed by atoms with Crippen LogP contribution in [0.25, 0.3) is 0 Å². The molecule has 6 atom stereocenters. The number of hydrogen-bond donors (Lipinski definition) is 0. The Kier molecular flexibility index (Phi) is 9.76. The second-order valence-corrected chi connectivity index (χ2v) is 6.39. The van der Waals surface area contributed by atoms with E-state index in [2.05, 4.69) is 6.58 Å². The lowest BCUT2D eigenvalue weighted by Crippen LogP contribution is -2.63. The van der Waals surface area contributed by atoms with Gasteiger partial charge in [0.1, 0.15) is 12.7 Å². The lowest BCUT2D eigenvalue weighted by molar-refractivity contribution is -0.313. The topological polar surface area (TPSA) is 124 Å². The van der Waals surface area contributed by atoms with Crippen LogP contribution in [0.2, 0.25) is 0 Å². The smallest absolute Gasteiger partial charge is 0.303 e. The third kappa shape index (κ3) is 7.82. The fourth-order valence-electron chi connectivity index (χ4n) is 2.79. The van der Waals surface area contributed by atoms with Gasteiger partial charge in [0.05, 0.1) is 6.10 Å². The van der Waals surface area contributed by atoms with Gasteiger partial charge < -0.3 is 28.4 Å². The van der Waals surface area contributed by atoms with Gasteiger partial charge in [0.2, 0.25) is 0 Å². The summed E-state index contributed by atoms with van der Waals surface area (Å²) in [5.74, 6) is -2.67. The van der Waals surface area contributed by atoms with Crippen molar-refractivity contribution in [3.8, 4) is 0 Å². The molecule has 0 aliphatic carbocycles. The van der Waals surface area contributed by atoms with Gasteiger partial charge in [0.25, 0.3) is 0 Å². The number of esters is 4. The fraction of sp³-hybridized carbons (Fsp3) is 0.684. The standard InChI is InChI=1S/C19H28O10/c1-7-14(8-2)28-19-18(27-13(6)23)17(26-12(5)22)16(25-11(4)21)15(29-19)9-24-10(3)20/h7,14-19H,1,8-9H2,2-6H3/t14-,15-,16-,17+,18-,19-/m1/s1. The summed E-state index contributed by atoms with van der Waals surface area (Å²) in [5, 5.41) is 0. The molecule has 1 rings (SSSR count). The fourth-order valence-corrected chi connectivity index (χ4v) is 2.79. The van der Waals surface area contributed by atoms with E-state index in [1.54, 1.807) is 0 Å². The highest BCUT2D eigenvalue weighted by molar-refractivity contribution is 5.68. The van der Waals surface area contributed by atoms with Crippen molar-refractivity contribution in [1.82, 2.24) is 0 Å². The zero-order chi connectivity index (χ0) is 22.1. The van der Waals surface area contributed by atoms with Gasteiger partial charge in [0.15, 0.2) is 24.6 Å². The van der Waals surface area contributed by atoms with Crippen LogP contribution in [0.15, 0.2) is 12.7 Å². The van der Waals surface area contributed by atoms with Crippen molar-refractivity contribution >= 4 is 23.9 Å². The first-order valence-corrected chi connectivity index (χ1v) is 9.17. The van der Waals surface area contributed by atoms with Crippen molar-refractivity contribution in [1.29, 1.82) is 0 Å². The summed E-state index contributed by atoms with van der Waals surface area (Å²) < 4.78 is 32.5. The van der Waals surface area contributed by atoms with Gasteiger partial charge in [0, 0.05) is 27.7 Å².